The fourth-order valence-corrected chi connectivity index (χ4v) is 6.73. The Hall–Kier alpha value is -2.41. The topological polar surface area (TPSA) is 17.1 Å². The van der Waals surface area contributed by atoms with Crippen molar-refractivity contribution in [3.05, 3.63) is 114 Å². The van der Waals surface area contributed by atoms with E-state index in [4.69, 9.17) is 0 Å². The predicted molar refractivity (Wildman–Crippen MR) is 119 cm³/mol. The summed E-state index contributed by atoms with van der Waals surface area (Å²) in [5.74, 6) is 0. The molecule has 27 heavy (non-hydrogen) atoms. The lowest BCUT2D eigenvalue weighted by Crippen LogP contribution is -2.26. The third-order valence-corrected chi connectivity index (χ3v) is 8.46. The lowest BCUT2D eigenvalue weighted by Gasteiger charge is -2.23. The Morgan fingerprint density at radius 2 is 0.963 bits per heavy atom. The van der Waals surface area contributed by atoms with Gasteiger partial charge in [0.15, 0.2) is 7.14 Å². The summed E-state index contributed by atoms with van der Waals surface area (Å²) in [5.41, 5.74) is 2.03. The van der Waals surface area contributed by atoms with Crippen molar-refractivity contribution in [1.82, 2.24) is 0 Å². The first-order valence-electron chi connectivity index (χ1n) is 8.77. The quantitative estimate of drug-likeness (QED) is 0.375. The van der Waals surface area contributed by atoms with Crippen LogP contribution in [0.25, 0.3) is 11.1 Å². The highest BCUT2D eigenvalue weighted by atomic mass is 79.9. The smallest absolute Gasteiger partial charge is 0.171 e. The van der Waals surface area contributed by atoms with Gasteiger partial charge < -0.3 is 4.57 Å². The van der Waals surface area contributed by atoms with Gasteiger partial charge in [-0.25, -0.2) is 0 Å². The van der Waals surface area contributed by atoms with E-state index in [1.54, 1.807) is 0 Å². The van der Waals surface area contributed by atoms with Gasteiger partial charge in [-0.3, -0.25) is 0 Å². The molecule has 0 spiro atoms. The summed E-state index contributed by atoms with van der Waals surface area (Å²) in [5, 5.41) is 2.54. The van der Waals surface area contributed by atoms with E-state index < -0.39 is 7.14 Å². The molecule has 0 bridgehead atoms. The maximum Gasteiger partial charge on any atom is 0.171 e. The number of rotatable bonds is 4. The highest BCUT2D eigenvalue weighted by molar-refractivity contribution is 9.10. The Kier molecular flexibility index (Phi) is 5.11. The number of hydrogen-bond acceptors (Lipinski definition) is 1. The maximum atomic E-state index is 14.7. The highest BCUT2D eigenvalue weighted by Crippen LogP contribution is 2.45. The fraction of sp³-hybridized carbons (Fsp3) is 0. The summed E-state index contributed by atoms with van der Waals surface area (Å²) in [6.45, 7) is 0. The molecule has 0 amide bonds. The molecule has 0 heterocycles. The van der Waals surface area contributed by atoms with Gasteiger partial charge in [-0.2, -0.15) is 0 Å². The fourth-order valence-electron chi connectivity index (χ4n) is 3.36. The lowest BCUT2D eigenvalue weighted by atomic mass is 10.1. The van der Waals surface area contributed by atoms with E-state index in [-0.39, 0.29) is 0 Å². The summed E-state index contributed by atoms with van der Waals surface area (Å²) in [4.78, 5) is 0. The Morgan fingerprint density at radius 1 is 0.519 bits per heavy atom. The molecule has 1 nitrogen and oxygen atoms in total. The van der Waals surface area contributed by atoms with Gasteiger partial charge in [-0.15, -0.1) is 0 Å². The standard InChI is InChI=1S/C24H18BrOP/c25-23-17-9-7-15-21(23)22-16-8-10-18-24(22)27(26,19-11-3-1-4-12-19)20-13-5-2-6-14-20/h1-18H. The molecular weight excluding hydrogens is 415 g/mol. The van der Waals surface area contributed by atoms with Gasteiger partial charge in [0, 0.05) is 20.4 Å². The molecular formula is C24H18BrOP. The molecule has 4 rings (SSSR count). The van der Waals surface area contributed by atoms with Gasteiger partial charge in [0.25, 0.3) is 0 Å². The molecule has 0 fully saturated rings. The predicted octanol–water partition coefficient (Wildman–Crippen LogP) is 5.76. The van der Waals surface area contributed by atoms with E-state index in [0.29, 0.717) is 0 Å². The first kappa shape index (κ1) is 18.0. The van der Waals surface area contributed by atoms with E-state index >= 15 is 0 Å². The van der Waals surface area contributed by atoms with Crippen molar-refractivity contribution in [3.63, 3.8) is 0 Å². The summed E-state index contributed by atoms with van der Waals surface area (Å²) >= 11 is 3.66. The Bertz CT molecular complexity index is 1060. The average molecular weight is 433 g/mol. The summed E-state index contributed by atoms with van der Waals surface area (Å²) < 4.78 is 15.7. The molecule has 0 atom stereocenters. The Morgan fingerprint density at radius 3 is 1.52 bits per heavy atom. The molecule has 4 aromatic rings. The molecule has 0 N–H and O–H groups in total. The van der Waals surface area contributed by atoms with Gasteiger partial charge in [-0.05, 0) is 17.2 Å². The van der Waals surface area contributed by atoms with Crippen LogP contribution in [0.4, 0.5) is 0 Å². The van der Waals surface area contributed by atoms with Crippen molar-refractivity contribution < 1.29 is 4.57 Å². The van der Waals surface area contributed by atoms with Gasteiger partial charge in [-0.1, -0.05) is 119 Å². The molecule has 0 aliphatic heterocycles. The molecule has 0 aromatic heterocycles. The third-order valence-electron chi connectivity index (χ3n) is 4.65. The first-order chi connectivity index (χ1) is 13.2. The van der Waals surface area contributed by atoms with E-state index in [1.807, 2.05) is 103 Å². The number of benzene rings is 4. The third kappa shape index (κ3) is 3.32. The van der Waals surface area contributed by atoms with Crippen molar-refractivity contribution in [2.45, 2.75) is 0 Å². The molecule has 0 saturated heterocycles. The van der Waals surface area contributed by atoms with E-state index in [2.05, 4.69) is 22.0 Å². The second-order valence-electron chi connectivity index (χ2n) is 6.28. The summed E-state index contributed by atoms with van der Waals surface area (Å²) in [7, 11) is -3.02. The maximum absolute atomic E-state index is 14.7. The van der Waals surface area contributed by atoms with Crippen LogP contribution in [0.3, 0.4) is 0 Å². The van der Waals surface area contributed by atoms with Crippen LogP contribution in [0.1, 0.15) is 0 Å². The lowest BCUT2D eigenvalue weighted by molar-refractivity contribution is 0.592. The SMILES string of the molecule is O=P(c1ccccc1)(c1ccccc1)c1ccccc1-c1ccccc1Br. The van der Waals surface area contributed by atoms with Crippen molar-refractivity contribution in [2.75, 3.05) is 0 Å². The first-order valence-corrected chi connectivity index (χ1v) is 11.3. The summed E-state index contributed by atoms with van der Waals surface area (Å²) in [6, 6.07) is 35.6. The zero-order valence-electron chi connectivity index (χ0n) is 14.6. The van der Waals surface area contributed by atoms with Gasteiger partial charge in [0.2, 0.25) is 0 Å². The van der Waals surface area contributed by atoms with Crippen molar-refractivity contribution in [2.24, 2.45) is 0 Å². The van der Waals surface area contributed by atoms with Crippen molar-refractivity contribution in [1.29, 1.82) is 0 Å². The molecule has 0 aliphatic carbocycles. The van der Waals surface area contributed by atoms with E-state index in [0.717, 1.165) is 31.5 Å². The molecule has 0 radical (unpaired) electrons. The van der Waals surface area contributed by atoms with E-state index in [9.17, 15) is 4.57 Å². The van der Waals surface area contributed by atoms with Crippen molar-refractivity contribution >= 4 is 39.0 Å². The zero-order valence-corrected chi connectivity index (χ0v) is 17.1. The van der Waals surface area contributed by atoms with Crippen LogP contribution < -0.4 is 15.9 Å². The zero-order chi connectivity index (χ0) is 18.7. The average Bonchev–Trinajstić information content (AvgIpc) is 2.75. The molecule has 0 aliphatic rings. The Balaban J connectivity index is 2.05. The molecule has 0 unspecified atom stereocenters. The molecule has 132 valence electrons. The van der Waals surface area contributed by atoms with Crippen LogP contribution in [0.2, 0.25) is 0 Å². The second-order valence-corrected chi connectivity index (χ2v) is 9.86. The van der Waals surface area contributed by atoms with Crippen molar-refractivity contribution in [3.8, 4) is 11.1 Å². The van der Waals surface area contributed by atoms with E-state index in [1.165, 1.54) is 0 Å². The monoisotopic (exact) mass is 432 g/mol. The number of hydrogen-bond donors (Lipinski definition) is 0. The minimum Gasteiger partial charge on any atom is -0.309 e. The van der Waals surface area contributed by atoms with Gasteiger partial charge in [0.05, 0.1) is 0 Å². The largest absolute Gasteiger partial charge is 0.309 e. The van der Waals surface area contributed by atoms with Crippen LogP contribution in [-0.2, 0) is 4.57 Å². The second kappa shape index (κ2) is 7.68. The van der Waals surface area contributed by atoms with Crippen LogP contribution in [0.15, 0.2) is 114 Å². The summed E-state index contributed by atoms with van der Waals surface area (Å²) in [6.07, 6.45) is 0. The Labute approximate surface area is 168 Å². The van der Waals surface area contributed by atoms with Crippen LogP contribution in [0.5, 0.6) is 0 Å². The molecule has 0 saturated carbocycles. The van der Waals surface area contributed by atoms with Crippen LogP contribution in [0, 0.1) is 0 Å². The molecule has 4 aromatic carbocycles. The van der Waals surface area contributed by atoms with Crippen LogP contribution >= 0.6 is 23.1 Å². The van der Waals surface area contributed by atoms with Crippen LogP contribution in [-0.4, -0.2) is 0 Å². The normalized spacial score (nSPS) is 11.3. The highest BCUT2D eigenvalue weighted by Gasteiger charge is 2.32. The minimum absolute atomic E-state index is 0.843. The molecule has 3 heteroatoms. The van der Waals surface area contributed by atoms with Gasteiger partial charge in [0.1, 0.15) is 0 Å². The number of halogens is 1. The minimum atomic E-state index is -3.02. The van der Waals surface area contributed by atoms with Gasteiger partial charge >= 0.3 is 0 Å².